The second-order valence-electron chi connectivity index (χ2n) is 4.80. The average molecular weight is 250 g/mol. The molecule has 1 amide bonds. The third-order valence-corrected chi connectivity index (χ3v) is 3.02. The predicted molar refractivity (Wildman–Crippen MR) is 72.9 cm³/mol. The Kier molecular flexibility index (Phi) is 5.16. The molecule has 0 saturated heterocycles. The highest BCUT2D eigenvalue weighted by Crippen LogP contribution is 2.18. The van der Waals surface area contributed by atoms with E-state index in [4.69, 9.17) is 10.5 Å². The molecule has 3 N–H and O–H groups in total. The summed E-state index contributed by atoms with van der Waals surface area (Å²) in [5, 5.41) is 2.83. The smallest absolute Gasteiger partial charge is 0.251 e. The van der Waals surface area contributed by atoms with E-state index in [-0.39, 0.29) is 11.9 Å². The topological polar surface area (TPSA) is 64.3 Å². The normalized spacial score (nSPS) is 12.3. The molecule has 0 spiro atoms. The third-order valence-electron chi connectivity index (χ3n) is 3.02. The number of benzene rings is 1. The van der Waals surface area contributed by atoms with Gasteiger partial charge in [-0.15, -0.1) is 0 Å². The van der Waals surface area contributed by atoms with Crippen LogP contribution in [-0.2, 0) is 0 Å². The zero-order valence-corrected chi connectivity index (χ0v) is 11.5. The number of carbonyl (C=O) groups excluding carboxylic acids is 1. The van der Waals surface area contributed by atoms with Gasteiger partial charge in [0.05, 0.1) is 7.11 Å². The number of hydrogen-bond donors (Lipinski definition) is 2. The molecule has 0 saturated carbocycles. The van der Waals surface area contributed by atoms with E-state index in [1.165, 1.54) is 0 Å². The fourth-order valence-electron chi connectivity index (χ4n) is 1.51. The molecule has 1 atom stereocenters. The number of aryl methyl sites for hydroxylation is 1. The Morgan fingerprint density at radius 3 is 2.67 bits per heavy atom. The second kappa shape index (κ2) is 6.40. The summed E-state index contributed by atoms with van der Waals surface area (Å²) in [6, 6.07) is 5.37. The number of methoxy groups -OCH3 is 1. The summed E-state index contributed by atoms with van der Waals surface area (Å²) in [4.78, 5) is 11.9. The van der Waals surface area contributed by atoms with Crippen molar-refractivity contribution in [3.63, 3.8) is 0 Å². The first-order chi connectivity index (χ1) is 8.45. The first kappa shape index (κ1) is 14.5. The van der Waals surface area contributed by atoms with Crippen molar-refractivity contribution in [1.82, 2.24) is 5.32 Å². The summed E-state index contributed by atoms with van der Waals surface area (Å²) in [5.74, 6) is 0.943. The largest absolute Gasteiger partial charge is 0.496 e. The number of rotatable bonds is 5. The molecule has 0 aliphatic carbocycles. The minimum Gasteiger partial charge on any atom is -0.496 e. The third kappa shape index (κ3) is 3.74. The number of nitrogens with one attached hydrogen (secondary N) is 1. The first-order valence-electron chi connectivity index (χ1n) is 6.14. The van der Waals surface area contributed by atoms with Crippen LogP contribution in [0.4, 0.5) is 0 Å². The van der Waals surface area contributed by atoms with Crippen molar-refractivity contribution in [2.24, 2.45) is 11.7 Å². The molecule has 0 aromatic heterocycles. The molecular formula is C14H22N2O2. The second-order valence-corrected chi connectivity index (χ2v) is 4.80. The van der Waals surface area contributed by atoms with Gasteiger partial charge in [-0.3, -0.25) is 4.79 Å². The van der Waals surface area contributed by atoms with Crippen LogP contribution in [0.5, 0.6) is 5.75 Å². The molecule has 1 aromatic carbocycles. The van der Waals surface area contributed by atoms with Crippen LogP contribution in [0.15, 0.2) is 18.2 Å². The van der Waals surface area contributed by atoms with Gasteiger partial charge in [-0.05, 0) is 30.5 Å². The van der Waals surface area contributed by atoms with Crippen LogP contribution in [0, 0.1) is 12.8 Å². The molecule has 1 aromatic rings. The van der Waals surface area contributed by atoms with E-state index in [9.17, 15) is 4.79 Å². The van der Waals surface area contributed by atoms with Gasteiger partial charge in [0.1, 0.15) is 5.75 Å². The quantitative estimate of drug-likeness (QED) is 0.836. The molecule has 1 unspecified atom stereocenters. The van der Waals surface area contributed by atoms with Crippen molar-refractivity contribution in [3.05, 3.63) is 29.3 Å². The van der Waals surface area contributed by atoms with Gasteiger partial charge in [-0.25, -0.2) is 0 Å². The van der Waals surface area contributed by atoms with Gasteiger partial charge >= 0.3 is 0 Å². The molecule has 0 bridgehead atoms. The maximum atomic E-state index is 11.9. The minimum absolute atomic E-state index is 0.0266. The minimum atomic E-state index is -0.121. The van der Waals surface area contributed by atoms with Crippen LogP contribution < -0.4 is 15.8 Å². The number of hydrogen-bond acceptors (Lipinski definition) is 3. The predicted octanol–water partition coefficient (Wildman–Crippen LogP) is 1.72. The molecule has 18 heavy (non-hydrogen) atoms. The number of nitrogens with two attached hydrogens (primary N) is 1. The van der Waals surface area contributed by atoms with E-state index in [1.807, 2.05) is 26.8 Å². The van der Waals surface area contributed by atoms with Gasteiger partial charge in [-0.2, -0.15) is 0 Å². The Labute approximate surface area is 109 Å². The van der Waals surface area contributed by atoms with Crippen LogP contribution in [0.1, 0.15) is 29.8 Å². The average Bonchev–Trinajstić information content (AvgIpc) is 2.35. The molecule has 0 radical (unpaired) electrons. The fourth-order valence-corrected chi connectivity index (χ4v) is 1.51. The van der Waals surface area contributed by atoms with Crippen molar-refractivity contribution in [1.29, 1.82) is 0 Å². The molecule has 0 heterocycles. The lowest BCUT2D eigenvalue weighted by atomic mass is 10.1. The van der Waals surface area contributed by atoms with Crippen LogP contribution in [0.25, 0.3) is 0 Å². The Morgan fingerprint density at radius 2 is 2.11 bits per heavy atom. The van der Waals surface area contributed by atoms with Gasteiger partial charge in [0, 0.05) is 18.2 Å². The zero-order valence-electron chi connectivity index (χ0n) is 11.5. The van der Waals surface area contributed by atoms with E-state index in [1.54, 1.807) is 19.2 Å². The van der Waals surface area contributed by atoms with E-state index in [2.05, 4.69) is 5.32 Å². The molecule has 100 valence electrons. The molecule has 4 heteroatoms. The van der Waals surface area contributed by atoms with Crippen molar-refractivity contribution in [3.8, 4) is 5.75 Å². The lowest BCUT2D eigenvalue weighted by Crippen LogP contribution is -2.40. The Balaban J connectivity index is 2.67. The molecule has 0 fully saturated rings. The van der Waals surface area contributed by atoms with Crippen LogP contribution in [-0.4, -0.2) is 25.6 Å². The highest BCUT2D eigenvalue weighted by Gasteiger charge is 2.12. The molecular weight excluding hydrogens is 228 g/mol. The number of ether oxygens (including phenoxy) is 1. The SMILES string of the molecule is COc1cc(C(=O)NCC(N)C(C)C)ccc1C. The van der Waals surface area contributed by atoms with E-state index < -0.39 is 0 Å². The summed E-state index contributed by atoms with van der Waals surface area (Å²) < 4.78 is 5.19. The van der Waals surface area contributed by atoms with Crippen molar-refractivity contribution >= 4 is 5.91 Å². The summed E-state index contributed by atoms with van der Waals surface area (Å²) in [6.07, 6.45) is 0. The van der Waals surface area contributed by atoms with E-state index in [0.717, 1.165) is 11.3 Å². The number of carbonyl (C=O) groups is 1. The van der Waals surface area contributed by atoms with Gasteiger partial charge < -0.3 is 15.8 Å². The molecule has 0 aliphatic heterocycles. The Morgan fingerprint density at radius 1 is 1.44 bits per heavy atom. The standard InChI is InChI=1S/C14H22N2O2/c1-9(2)12(15)8-16-14(17)11-6-5-10(3)13(7-11)18-4/h5-7,9,12H,8,15H2,1-4H3,(H,16,17). The Bertz CT molecular complexity index is 416. The monoisotopic (exact) mass is 250 g/mol. The molecule has 0 aliphatic rings. The van der Waals surface area contributed by atoms with Gasteiger partial charge in [0.2, 0.25) is 0 Å². The summed E-state index contributed by atoms with van der Waals surface area (Å²) in [5.41, 5.74) is 7.48. The van der Waals surface area contributed by atoms with Crippen molar-refractivity contribution < 1.29 is 9.53 Å². The van der Waals surface area contributed by atoms with Crippen LogP contribution in [0.3, 0.4) is 0 Å². The highest BCUT2D eigenvalue weighted by molar-refractivity contribution is 5.94. The molecule has 4 nitrogen and oxygen atoms in total. The molecule has 1 rings (SSSR count). The van der Waals surface area contributed by atoms with Crippen LogP contribution >= 0.6 is 0 Å². The first-order valence-corrected chi connectivity index (χ1v) is 6.14. The zero-order chi connectivity index (χ0) is 13.7. The lowest BCUT2D eigenvalue weighted by molar-refractivity contribution is 0.0949. The summed E-state index contributed by atoms with van der Waals surface area (Å²) in [6.45, 7) is 6.49. The Hall–Kier alpha value is -1.55. The van der Waals surface area contributed by atoms with Crippen LogP contribution in [0.2, 0.25) is 0 Å². The summed E-state index contributed by atoms with van der Waals surface area (Å²) in [7, 11) is 1.60. The van der Waals surface area contributed by atoms with E-state index >= 15 is 0 Å². The summed E-state index contributed by atoms with van der Waals surface area (Å²) >= 11 is 0. The maximum absolute atomic E-state index is 11.9. The van der Waals surface area contributed by atoms with Gasteiger partial charge in [-0.1, -0.05) is 19.9 Å². The lowest BCUT2D eigenvalue weighted by Gasteiger charge is -2.16. The maximum Gasteiger partial charge on any atom is 0.251 e. The van der Waals surface area contributed by atoms with E-state index in [0.29, 0.717) is 18.0 Å². The number of amides is 1. The highest BCUT2D eigenvalue weighted by atomic mass is 16.5. The van der Waals surface area contributed by atoms with Crippen molar-refractivity contribution in [2.45, 2.75) is 26.8 Å². The van der Waals surface area contributed by atoms with Gasteiger partial charge in [0.25, 0.3) is 5.91 Å². The fraction of sp³-hybridized carbons (Fsp3) is 0.500. The van der Waals surface area contributed by atoms with Gasteiger partial charge in [0.15, 0.2) is 0 Å². The van der Waals surface area contributed by atoms with Crippen molar-refractivity contribution in [2.75, 3.05) is 13.7 Å².